The van der Waals surface area contributed by atoms with Gasteiger partial charge < -0.3 is 5.32 Å². The van der Waals surface area contributed by atoms with Gasteiger partial charge in [0.15, 0.2) is 0 Å². The Bertz CT molecular complexity index is 539. The Morgan fingerprint density at radius 3 is 2.71 bits per heavy atom. The largest absolute Gasteiger partial charge is 0.372 e. The summed E-state index contributed by atoms with van der Waals surface area (Å²) in [6, 6.07) is 6.30. The number of aromatic nitrogens is 2. The summed E-state index contributed by atoms with van der Waals surface area (Å²) in [5, 5.41) is 13.5. The summed E-state index contributed by atoms with van der Waals surface area (Å²) >= 11 is 0. The van der Waals surface area contributed by atoms with Gasteiger partial charge in [-0.15, -0.1) is 0 Å². The van der Waals surface area contributed by atoms with Crippen molar-refractivity contribution < 1.29 is 4.92 Å². The van der Waals surface area contributed by atoms with Crippen LogP contribution in [0, 0.1) is 10.1 Å². The molecular formula is C11H10N4O2. The van der Waals surface area contributed by atoms with Gasteiger partial charge in [0.05, 0.1) is 23.0 Å². The maximum Gasteiger partial charge on any atom is 0.270 e. The molecule has 2 aromatic rings. The average Bonchev–Trinajstić information content (AvgIpc) is 2.39. The van der Waals surface area contributed by atoms with Crippen molar-refractivity contribution in [3.05, 3.63) is 46.8 Å². The van der Waals surface area contributed by atoms with Crippen LogP contribution in [-0.4, -0.2) is 21.9 Å². The van der Waals surface area contributed by atoms with Gasteiger partial charge in [0, 0.05) is 24.7 Å². The molecule has 1 N–H and O–H groups in total. The number of nitro benzene ring substituents is 1. The number of nitro groups is 1. The minimum absolute atomic E-state index is 0.0435. The molecule has 0 aliphatic rings. The first kappa shape index (κ1) is 11.0. The van der Waals surface area contributed by atoms with E-state index < -0.39 is 4.92 Å². The molecule has 6 nitrogen and oxygen atoms in total. The van der Waals surface area contributed by atoms with E-state index in [4.69, 9.17) is 0 Å². The Hall–Kier alpha value is -2.50. The van der Waals surface area contributed by atoms with E-state index in [-0.39, 0.29) is 5.69 Å². The topological polar surface area (TPSA) is 81.0 Å². The summed E-state index contributed by atoms with van der Waals surface area (Å²) in [5.74, 6) is 0.652. The molecule has 1 aromatic heterocycles. The summed E-state index contributed by atoms with van der Waals surface area (Å²) in [4.78, 5) is 18.5. The van der Waals surface area contributed by atoms with E-state index in [0.717, 1.165) is 0 Å². The molecule has 0 spiro atoms. The quantitative estimate of drug-likeness (QED) is 0.645. The number of hydrogen-bond donors (Lipinski definition) is 1. The summed E-state index contributed by atoms with van der Waals surface area (Å²) in [7, 11) is 1.75. The molecule has 17 heavy (non-hydrogen) atoms. The van der Waals surface area contributed by atoms with E-state index in [2.05, 4.69) is 15.3 Å². The Labute approximate surface area is 97.5 Å². The van der Waals surface area contributed by atoms with Crippen LogP contribution in [0.1, 0.15) is 0 Å². The monoisotopic (exact) mass is 230 g/mol. The van der Waals surface area contributed by atoms with Crippen molar-refractivity contribution in [1.82, 2.24) is 9.97 Å². The number of nitrogens with one attached hydrogen (secondary N) is 1. The zero-order valence-corrected chi connectivity index (χ0v) is 9.12. The van der Waals surface area contributed by atoms with Gasteiger partial charge in [-0.05, 0) is 0 Å². The van der Waals surface area contributed by atoms with Gasteiger partial charge >= 0.3 is 0 Å². The summed E-state index contributed by atoms with van der Waals surface area (Å²) in [5.41, 5.74) is 1.32. The Morgan fingerprint density at radius 2 is 2.12 bits per heavy atom. The van der Waals surface area contributed by atoms with Gasteiger partial charge in [-0.3, -0.25) is 15.1 Å². The highest BCUT2D eigenvalue weighted by molar-refractivity contribution is 5.62. The van der Waals surface area contributed by atoms with Crippen LogP contribution >= 0.6 is 0 Å². The number of nitrogens with zero attached hydrogens (tertiary/aromatic N) is 3. The summed E-state index contributed by atoms with van der Waals surface area (Å²) in [6.45, 7) is 0. The molecular weight excluding hydrogens is 220 g/mol. The number of anilines is 1. The van der Waals surface area contributed by atoms with Crippen LogP contribution in [0.4, 0.5) is 11.5 Å². The lowest BCUT2D eigenvalue weighted by Gasteiger charge is -2.02. The minimum Gasteiger partial charge on any atom is -0.372 e. The second-order valence-corrected chi connectivity index (χ2v) is 3.34. The van der Waals surface area contributed by atoms with Gasteiger partial charge in [-0.25, -0.2) is 4.98 Å². The third kappa shape index (κ3) is 2.36. The van der Waals surface area contributed by atoms with Crippen molar-refractivity contribution in [2.45, 2.75) is 0 Å². The Kier molecular flexibility index (Phi) is 2.95. The SMILES string of the molecule is CNc1cnc(-c2cccc([N+](=O)[O-])c2)cn1. The number of non-ortho nitro benzene ring substituents is 1. The Balaban J connectivity index is 2.38. The molecule has 0 atom stereocenters. The highest BCUT2D eigenvalue weighted by Gasteiger charge is 2.07. The molecule has 2 rings (SSSR count). The summed E-state index contributed by atoms with van der Waals surface area (Å²) < 4.78 is 0. The van der Waals surface area contributed by atoms with Crippen LogP contribution in [0.5, 0.6) is 0 Å². The second kappa shape index (κ2) is 4.56. The Morgan fingerprint density at radius 1 is 1.29 bits per heavy atom. The van der Waals surface area contributed by atoms with Crippen LogP contribution in [0.15, 0.2) is 36.7 Å². The normalized spacial score (nSPS) is 9.94. The molecule has 86 valence electrons. The lowest BCUT2D eigenvalue weighted by atomic mass is 10.1. The molecule has 0 bridgehead atoms. The molecule has 0 radical (unpaired) electrons. The number of benzene rings is 1. The van der Waals surface area contributed by atoms with Crippen LogP contribution < -0.4 is 5.32 Å². The molecule has 6 heteroatoms. The van der Waals surface area contributed by atoms with E-state index in [0.29, 0.717) is 17.1 Å². The van der Waals surface area contributed by atoms with E-state index >= 15 is 0 Å². The first-order valence-corrected chi connectivity index (χ1v) is 4.95. The van der Waals surface area contributed by atoms with Crippen molar-refractivity contribution in [2.24, 2.45) is 0 Å². The van der Waals surface area contributed by atoms with Gasteiger partial charge in [-0.1, -0.05) is 12.1 Å². The second-order valence-electron chi connectivity index (χ2n) is 3.34. The van der Waals surface area contributed by atoms with Crippen LogP contribution in [0.2, 0.25) is 0 Å². The molecule has 1 heterocycles. The number of hydrogen-bond acceptors (Lipinski definition) is 5. The number of rotatable bonds is 3. The molecule has 0 saturated carbocycles. The maximum atomic E-state index is 10.6. The molecule has 0 fully saturated rings. The van der Waals surface area contributed by atoms with Crippen molar-refractivity contribution in [1.29, 1.82) is 0 Å². The highest BCUT2D eigenvalue weighted by atomic mass is 16.6. The fourth-order valence-electron chi connectivity index (χ4n) is 1.39. The lowest BCUT2D eigenvalue weighted by Crippen LogP contribution is -1.94. The van der Waals surface area contributed by atoms with Crippen molar-refractivity contribution >= 4 is 11.5 Å². The van der Waals surface area contributed by atoms with Crippen molar-refractivity contribution in [2.75, 3.05) is 12.4 Å². The van der Waals surface area contributed by atoms with Crippen LogP contribution in [-0.2, 0) is 0 Å². The maximum absolute atomic E-state index is 10.6. The standard InChI is InChI=1S/C11H10N4O2/c1-12-11-7-13-10(6-14-11)8-3-2-4-9(5-8)15(16)17/h2-7H,1H3,(H,12,14). The zero-order valence-electron chi connectivity index (χ0n) is 9.12. The first-order valence-electron chi connectivity index (χ1n) is 4.95. The molecule has 0 aliphatic heterocycles. The molecule has 0 amide bonds. The fourth-order valence-corrected chi connectivity index (χ4v) is 1.39. The van der Waals surface area contributed by atoms with Crippen LogP contribution in [0.25, 0.3) is 11.3 Å². The lowest BCUT2D eigenvalue weighted by molar-refractivity contribution is -0.384. The molecule has 0 saturated heterocycles. The van der Waals surface area contributed by atoms with Gasteiger partial charge in [0.2, 0.25) is 0 Å². The van der Waals surface area contributed by atoms with Crippen molar-refractivity contribution in [3.63, 3.8) is 0 Å². The molecule has 0 aliphatic carbocycles. The van der Waals surface area contributed by atoms with E-state index in [1.807, 2.05) is 0 Å². The first-order chi connectivity index (χ1) is 8.20. The van der Waals surface area contributed by atoms with E-state index in [1.54, 1.807) is 31.6 Å². The van der Waals surface area contributed by atoms with Gasteiger partial charge in [0.25, 0.3) is 5.69 Å². The van der Waals surface area contributed by atoms with E-state index in [1.165, 1.54) is 12.1 Å². The smallest absolute Gasteiger partial charge is 0.270 e. The molecule has 1 aromatic carbocycles. The van der Waals surface area contributed by atoms with E-state index in [9.17, 15) is 10.1 Å². The predicted octanol–water partition coefficient (Wildman–Crippen LogP) is 2.09. The predicted molar refractivity (Wildman–Crippen MR) is 63.7 cm³/mol. The van der Waals surface area contributed by atoms with Gasteiger partial charge in [-0.2, -0.15) is 0 Å². The van der Waals surface area contributed by atoms with Crippen LogP contribution in [0.3, 0.4) is 0 Å². The van der Waals surface area contributed by atoms with Gasteiger partial charge in [0.1, 0.15) is 5.82 Å². The fraction of sp³-hybridized carbons (Fsp3) is 0.0909. The third-order valence-electron chi connectivity index (χ3n) is 2.26. The average molecular weight is 230 g/mol. The van der Waals surface area contributed by atoms with Crippen molar-refractivity contribution in [3.8, 4) is 11.3 Å². The third-order valence-corrected chi connectivity index (χ3v) is 2.26. The zero-order chi connectivity index (χ0) is 12.3. The minimum atomic E-state index is -0.432. The molecule has 0 unspecified atom stereocenters. The highest BCUT2D eigenvalue weighted by Crippen LogP contribution is 2.21. The summed E-state index contributed by atoms with van der Waals surface area (Å²) in [6.07, 6.45) is 3.15.